The first-order valence-corrected chi connectivity index (χ1v) is 6.81. The molecule has 2 amide bonds. The molecule has 1 fully saturated rings. The van der Waals surface area contributed by atoms with Crippen molar-refractivity contribution in [3.8, 4) is 6.07 Å². The van der Waals surface area contributed by atoms with E-state index in [1.165, 1.54) is 4.90 Å². The lowest BCUT2D eigenvalue weighted by atomic mass is 10.2. The maximum absolute atomic E-state index is 12.2. The molecule has 1 saturated heterocycles. The van der Waals surface area contributed by atoms with Gasteiger partial charge in [0.2, 0.25) is 11.8 Å². The van der Waals surface area contributed by atoms with E-state index >= 15 is 0 Å². The van der Waals surface area contributed by atoms with E-state index in [0.717, 1.165) is 5.69 Å². The number of nitrogens with zero attached hydrogens (tertiary/aromatic N) is 3. The number of benzene rings is 1. The zero-order chi connectivity index (χ0) is 15.2. The Labute approximate surface area is 123 Å². The Balaban J connectivity index is 1.99. The van der Waals surface area contributed by atoms with Crippen LogP contribution in [-0.4, -0.2) is 49.6 Å². The fourth-order valence-corrected chi connectivity index (χ4v) is 2.16. The zero-order valence-electron chi connectivity index (χ0n) is 11.9. The minimum atomic E-state index is -0.162. The number of rotatable bonds is 4. The lowest BCUT2D eigenvalue weighted by Gasteiger charge is -2.34. The smallest absolute Gasteiger partial charge is 0.249 e. The topological polar surface area (TPSA) is 73.6 Å². The van der Waals surface area contributed by atoms with Crippen LogP contribution in [0.5, 0.6) is 0 Å². The van der Waals surface area contributed by atoms with Gasteiger partial charge in [-0.2, -0.15) is 5.26 Å². The second-order valence-corrected chi connectivity index (χ2v) is 4.66. The molecule has 1 aliphatic heterocycles. The Bertz CT molecular complexity index is 563. The maximum atomic E-state index is 12.2. The molecule has 110 valence electrons. The van der Waals surface area contributed by atoms with Crippen molar-refractivity contribution in [2.75, 3.05) is 37.7 Å². The summed E-state index contributed by atoms with van der Waals surface area (Å²) in [5.41, 5.74) is 1.30. The number of ether oxygens (including phenoxy) is 1. The number of anilines is 1. The number of hydrogen-bond donors (Lipinski definition) is 0. The second kappa shape index (κ2) is 6.86. The van der Waals surface area contributed by atoms with Crippen LogP contribution in [0.1, 0.15) is 12.5 Å². The molecular formula is C15H17N3O3. The molecule has 1 aromatic rings. The van der Waals surface area contributed by atoms with Gasteiger partial charge in [-0.3, -0.25) is 9.59 Å². The average molecular weight is 287 g/mol. The number of piperazine rings is 1. The molecule has 6 nitrogen and oxygen atoms in total. The van der Waals surface area contributed by atoms with Crippen molar-refractivity contribution in [1.29, 1.82) is 5.26 Å². The number of carbonyl (C=O) groups is 2. The van der Waals surface area contributed by atoms with Crippen LogP contribution in [0.3, 0.4) is 0 Å². The van der Waals surface area contributed by atoms with Crippen molar-refractivity contribution in [1.82, 2.24) is 4.90 Å². The molecule has 1 heterocycles. The van der Waals surface area contributed by atoms with Crippen LogP contribution in [-0.2, 0) is 14.3 Å². The number of amides is 2. The van der Waals surface area contributed by atoms with Crippen LogP contribution in [0.25, 0.3) is 0 Å². The molecule has 0 aliphatic carbocycles. The van der Waals surface area contributed by atoms with Gasteiger partial charge in [-0.1, -0.05) is 0 Å². The second-order valence-electron chi connectivity index (χ2n) is 4.66. The van der Waals surface area contributed by atoms with Crippen LogP contribution in [0, 0.1) is 11.3 Å². The molecule has 0 unspecified atom stereocenters. The minimum Gasteiger partial charge on any atom is -0.372 e. The zero-order valence-corrected chi connectivity index (χ0v) is 11.9. The predicted molar refractivity (Wildman–Crippen MR) is 76.6 cm³/mol. The van der Waals surface area contributed by atoms with Gasteiger partial charge >= 0.3 is 0 Å². The van der Waals surface area contributed by atoms with Crippen molar-refractivity contribution in [2.24, 2.45) is 0 Å². The quantitative estimate of drug-likeness (QED) is 0.820. The highest BCUT2D eigenvalue weighted by molar-refractivity contribution is 5.98. The Morgan fingerprint density at radius 1 is 1.33 bits per heavy atom. The van der Waals surface area contributed by atoms with Crippen molar-refractivity contribution in [2.45, 2.75) is 6.92 Å². The number of nitriles is 1. The molecule has 0 saturated carbocycles. The summed E-state index contributed by atoms with van der Waals surface area (Å²) in [4.78, 5) is 27.1. The highest BCUT2D eigenvalue weighted by atomic mass is 16.5. The van der Waals surface area contributed by atoms with E-state index in [-0.39, 0.29) is 25.0 Å². The van der Waals surface area contributed by atoms with Crippen LogP contribution in [0.2, 0.25) is 0 Å². The van der Waals surface area contributed by atoms with E-state index in [1.807, 2.05) is 13.0 Å². The third-order valence-corrected chi connectivity index (χ3v) is 3.31. The highest BCUT2D eigenvalue weighted by Crippen LogP contribution is 2.18. The predicted octanol–water partition coefficient (Wildman–Crippen LogP) is 0.770. The summed E-state index contributed by atoms with van der Waals surface area (Å²) in [5.74, 6) is -0.291. The largest absolute Gasteiger partial charge is 0.372 e. The van der Waals surface area contributed by atoms with E-state index < -0.39 is 0 Å². The van der Waals surface area contributed by atoms with Gasteiger partial charge in [-0.25, -0.2) is 0 Å². The molecule has 1 aliphatic rings. The molecule has 1 aromatic carbocycles. The highest BCUT2D eigenvalue weighted by Gasteiger charge is 2.27. The molecule has 6 heteroatoms. The summed E-state index contributed by atoms with van der Waals surface area (Å²) >= 11 is 0. The van der Waals surface area contributed by atoms with Crippen LogP contribution >= 0.6 is 0 Å². The van der Waals surface area contributed by atoms with E-state index in [1.54, 1.807) is 29.2 Å². The first-order valence-electron chi connectivity index (χ1n) is 6.81. The Morgan fingerprint density at radius 2 is 2.05 bits per heavy atom. The normalized spacial score (nSPS) is 15.0. The molecule has 2 rings (SSSR count). The molecule has 0 spiro atoms. The van der Waals surface area contributed by atoms with E-state index in [4.69, 9.17) is 10.00 Å². The number of hydrogen-bond acceptors (Lipinski definition) is 4. The number of carbonyl (C=O) groups excluding carboxylic acids is 2. The minimum absolute atomic E-state index is 0.0145. The van der Waals surface area contributed by atoms with Crippen molar-refractivity contribution in [3.63, 3.8) is 0 Å². The molecule has 0 atom stereocenters. The van der Waals surface area contributed by atoms with Crippen LogP contribution < -0.4 is 4.90 Å². The Kier molecular flexibility index (Phi) is 4.90. The van der Waals surface area contributed by atoms with Gasteiger partial charge < -0.3 is 14.5 Å². The Morgan fingerprint density at radius 3 is 2.62 bits per heavy atom. The molecule has 0 radical (unpaired) electrons. The van der Waals surface area contributed by atoms with Gasteiger partial charge in [0, 0.05) is 25.4 Å². The molecule has 21 heavy (non-hydrogen) atoms. The van der Waals surface area contributed by atoms with E-state index in [0.29, 0.717) is 25.3 Å². The van der Waals surface area contributed by atoms with Gasteiger partial charge in [-0.15, -0.1) is 0 Å². The first kappa shape index (κ1) is 15.0. The molecule has 0 aromatic heterocycles. The van der Waals surface area contributed by atoms with E-state index in [9.17, 15) is 9.59 Å². The van der Waals surface area contributed by atoms with Crippen LogP contribution in [0.15, 0.2) is 24.3 Å². The molecular weight excluding hydrogens is 270 g/mol. The maximum Gasteiger partial charge on any atom is 0.249 e. The fraction of sp³-hybridized carbons (Fsp3) is 0.400. The summed E-state index contributed by atoms with van der Waals surface area (Å²) < 4.78 is 5.07. The van der Waals surface area contributed by atoms with Crippen molar-refractivity contribution >= 4 is 17.5 Å². The summed E-state index contributed by atoms with van der Waals surface area (Å²) in [6.45, 7) is 3.30. The van der Waals surface area contributed by atoms with Gasteiger partial charge in [0.1, 0.15) is 13.2 Å². The standard InChI is InChI=1S/C15H17N3O3/c1-2-21-11-15(20)17-7-8-18(14(19)10-17)13-5-3-12(9-16)4-6-13/h3-6H,2,7-8,10-11H2,1H3. The van der Waals surface area contributed by atoms with Gasteiger partial charge in [0.15, 0.2) is 0 Å². The summed E-state index contributed by atoms with van der Waals surface area (Å²) in [7, 11) is 0. The first-order chi connectivity index (χ1) is 10.2. The third kappa shape index (κ3) is 3.58. The van der Waals surface area contributed by atoms with Crippen molar-refractivity contribution in [3.05, 3.63) is 29.8 Å². The van der Waals surface area contributed by atoms with Gasteiger partial charge in [0.25, 0.3) is 0 Å². The molecule has 0 N–H and O–H groups in total. The van der Waals surface area contributed by atoms with E-state index in [2.05, 4.69) is 0 Å². The SMILES string of the molecule is CCOCC(=O)N1CCN(c2ccc(C#N)cc2)C(=O)C1. The van der Waals surface area contributed by atoms with Crippen molar-refractivity contribution < 1.29 is 14.3 Å². The van der Waals surface area contributed by atoms with Gasteiger partial charge in [0.05, 0.1) is 11.6 Å². The molecule has 0 bridgehead atoms. The summed E-state index contributed by atoms with van der Waals surface area (Å²) in [6.07, 6.45) is 0. The summed E-state index contributed by atoms with van der Waals surface area (Å²) in [5, 5.41) is 8.77. The monoisotopic (exact) mass is 287 g/mol. The van der Waals surface area contributed by atoms with Crippen LogP contribution in [0.4, 0.5) is 5.69 Å². The van der Waals surface area contributed by atoms with Gasteiger partial charge in [-0.05, 0) is 31.2 Å². The fourth-order valence-electron chi connectivity index (χ4n) is 2.16. The lowest BCUT2D eigenvalue weighted by molar-refractivity contribution is -0.140. The summed E-state index contributed by atoms with van der Waals surface area (Å²) in [6, 6.07) is 8.88. The Hall–Kier alpha value is -2.39. The average Bonchev–Trinajstić information content (AvgIpc) is 2.52. The third-order valence-electron chi connectivity index (χ3n) is 3.31. The lowest BCUT2D eigenvalue weighted by Crippen LogP contribution is -2.53.